The van der Waals surface area contributed by atoms with E-state index in [0.717, 1.165) is 5.69 Å². The van der Waals surface area contributed by atoms with Crippen molar-refractivity contribution >= 4 is 34.6 Å². The third-order valence-corrected chi connectivity index (χ3v) is 3.11. The Morgan fingerprint density at radius 2 is 2.07 bits per heavy atom. The van der Waals surface area contributed by atoms with Crippen LogP contribution in [0.25, 0.3) is 0 Å². The lowest BCUT2D eigenvalue weighted by atomic mass is 9.93. The van der Waals surface area contributed by atoms with Crippen molar-refractivity contribution < 1.29 is 0 Å². The molecule has 4 heteroatoms. The van der Waals surface area contributed by atoms with E-state index in [1.165, 1.54) is 19.3 Å². The van der Waals surface area contributed by atoms with E-state index in [-0.39, 0.29) is 0 Å². The largest absolute Gasteiger partial charge is 0.360 e. The summed E-state index contributed by atoms with van der Waals surface area (Å²) in [5, 5.41) is 7.70. The molecule has 0 unspecified atom stereocenters. The third kappa shape index (κ3) is 2.83. The Morgan fingerprint density at radius 1 is 1.33 bits per heavy atom. The zero-order valence-electron chi connectivity index (χ0n) is 8.29. The van der Waals surface area contributed by atoms with E-state index in [1.54, 1.807) is 0 Å². The molecule has 0 aliphatic heterocycles. The second-order valence-corrected chi connectivity index (χ2v) is 4.52. The second-order valence-electron chi connectivity index (χ2n) is 3.71. The van der Waals surface area contributed by atoms with Crippen LogP contribution in [0.5, 0.6) is 0 Å². The van der Waals surface area contributed by atoms with Crippen molar-refractivity contribution in [3.63, 3.8) is 0 Å². The predicted molar refractivity (Wildman–Crippen MR) is 68.4 cm³/mol. The molecule has 1 saturated carbocycles. The number of rotatable bonds is 2. The number of halogens is 1. The summed E-state index contributed by atoms with van der Waals surface area (Å²) in [5.74, 6) is 0. The van der Waals surface area contributed by atoms with Crippen LogP contribution in [0.15, 0.2) is 24.3 Å². The molecule has 0 heterocycles. The van der Waals surface area contributed by atoms with Gasteiger partial charge in [0.15, 0.2) is 5.11 Å². The molecule has 0 spiro atoms. The van der Waals surface area contributed by atoms with E-state index >= 15 is 0 Å². The highest BCUT2D eigenvalue weighted by molar-refractivity contribution is 7.80. The molecule has 1 fully saturated rings. The van der Waals surface area contributed by atoms with Gasteiger partial charge < -0.3 is 10.6 Å². The average molecular weight is 241 g/mol. The molecule has 0 aromatic heterocycles. The number of thiocarbonyl (C=S) groups is 1. The second kappa shape index (κ2) is 4.81. The van der Waals surface area contributed by atoms with Gasteiger partial charge in [-0.2, -0.15) is 0 Å². The smallest absolute Gasteiger partial charge is 0.171 e. The van der Waals surface area contributed by atoms with Crippen LogP contribution in [-0.2, 0) is 0 Å². The van der Waals surface area contributed by atoms with E-state index < -0.39 is 0 Å². The quantitative estimate of drug-likeness (QED) is 0.777. The van der Waals surface area contributed by atoms with Crippen molar-refractivity contribution in [1.29, 1.82) is 0 Å². The minimum Gasteiger partial charge on any atom is -0.360 e. The normalized spacial score (nSPS) is 15.5. The fourth-order valence-corrected chi connectivity index (χ4v) is 1.92. The van der Waals surface area contributed by atoms with Gasteiger partial charge in [0.25, 0.3) is 0 Å². The lowest BCUT2D eigenvalue weighted by molar-refractivity contribution is 0.385. The van der Waals surface area contributed by atoms with Crippen molar-refractivity contribution in [3.8, 4) is 0 Å². The average Bonchev–Trinajstić information content (AvgIpc) is 2.16. The van der Waals surface area contributed by atoms with Crippen LogP contribution in [0.3, 0.4) is 0 Å². The van der Waals surface area contributed by atoms with Crippen LogP contribution >= 0.6 is 23.8 Å². The Bertz CT molecular complexity index is 363. The number of anilines is 1. The molecule has 0 saturated heterocycles. The number of nitrogens with one attached hydrogen (secondary N) is 2. The van der Waals surface area contributed by atoms with Gasteiger partial charge in [-0.05, 0) is 43.6 Å². The summed E-state index contributed by atoms with van der Waals surface area (Å²) in [6.45, 7) is 0. The zero-order chi connectivity index (χ0) is 10.7. The van der Waals surface area contributed by atoms with Gasteiger partial charge in [-0.3, -0.25) is 0 Å². The topological polar surface area (TPSA) is 24.1 Å². The molecule has 0 atom stereocenters. The summed E-state index contributed by atoms with van der Waals surface area (Å²) in [4.78, 5) is 0. The van der Waals surface area contributed by atoms with Gasteiger partial charge >= 0.3 is 0 Å². The summed E-state index contributed by atoms with van der Waals surface area (Å²) < 4.78 is 0. The molecule has 80 valence electrons. The van der Waals surface area contributed by atoms with Gasteiger partial charge in [-0.25, -0.2) is 0 Å². The molecule has 0 radical (unpaired) electrons. The van der Waals surface area contributed by atoms with Crippen molar-refractivity contribution in [3.05, 3.63) is 29.3 Å². The van der Waals surface area contributed by atoms with Crippen molar-refractivity contribution in [2.75, 3.05) is 5.32 Å². The maximum absolute atomic E-state index is 6.00. The van der Waals surface area contributed by atoms with Gasteiger partial charge in [0.05, 0.1) is 10.7 Å². The maximum Gasteiger partial charge on any atom is 0.171 e. The summed E-state index contributed by atoms with van der Waals surface area (Å²) in [6, 6.07) is 8.13. The highest BCUT2D eigenvalue weighted by atomic mass is 35.5. The Labute approximate surface area is 100 Å². The maximum atomic E-state index is 6.00. The molecule has 1 aliphatic carbocycles. The molecule has 2 rings (SSSR count). The Hall–Kier alpha value is -0.800. The summed E-state index contributed by atoms with van der Waals surface area (Å²) in [7, 11) is 0. The number of benzene rings is 1. The highest BCUT2D eigenvalue weighted by Gasteiger charge is 2.17. The lowest BCUT2D eigenvalue weighted by Crippen LogP contribution is -2.41. The fourth-order valence-electron chi connectivity index (χ4n) is 1.46. The van der Waals surface area contributed by atoms with E-state index in [9.17, 15) is 0 Å². The molecule has 0 amide bonds. The van der Waals surface area contributed by atoms with Gasteiger partial charge in [-0.15, -0.1) is 0 Å². The Kier molecular flexibility index (Phi) is 3.44. The van der Waals surface area contributed by atoms with Crippen LogP contribution in [0, 0.1) is 0 Å². The van der Waals surface area contributed by atoms with Crippen LogP contribution in [0.1, 0.15) is 19.3 Å². The molecule has 1 aliphatic rings. The summed E-state index contributed by atoms with van der Waals surface area (Å²) >= 11 is 11.2. The fraction of sp³-hybridized carbons (Fsp3) is 0.364. The minimum atomic E-state index is 0.549. The van der Waals surface area contributed by atoms with Crippen molar-refractivity contribution in [2.45, 2.75) is 25.3 Å². The molecule has 1 aromatic carbocycles. The van der Waals surface area contributed by atoms with Crippen LogP contribution in [0.2, 0.25) is 5.02 Å². The summed E-state index contributed by atoms with van der Waals surface area (Å²) in [6.07, 6.45) is 3.72. The van der Waals surface area contributed by atoms with Crippen molar-refractivity contribution in [1.82, 2.24) is 5.32 Å². The molecular weight excluding hydrogens is 228 g/mol. The molecule has 2 nitrogen and oxygen atoms in total. The number of hydrogen-bond donors (Lipinski definition) is 2. The zero-order valence-corrected chi connectivity index (χ0v) is 9.87. The van der Waals surface area contributed by atoms with Gasteiger partial charge in [-0.1, -0.05) is 23.7 Å². The van der Waals surface area contributed by atoms with Crippen molar-refractivity contribution in [2.24, 2.45) is 0 Å². The lowest BCUT2D eigenvalue weighted by Gasteiger charge is -2.27. The Morgan fingerprint density at radius 3 is 2.67 bits per heavy atom. The monoisotopic (exact) mass is 240 g/mol. The highest BCUT2D eigenvalue weighted by Crippen LogP contribution is 2.21. The van der Waals surface area contributed by atoms with Crippen LogP contribution < -0.4 is 10.6 Å². The first-order valence-electron chi connectivity index (χ1n) is 5.08. The van der Waals surface area contributed by atoms with Crippen LogP contribution in [-0.4, -0.2) is 11.2 Å². The standard InChI is InChI=1S/C11H13ClN2S/c12-9-6-1-2-7-10(9)14-11(15)13-8-4-3-5-8/h1-2,6-8H,3-5H2,(H2,13,14,15). The number of hydrogen-bond acceptors (Lipinski definition) is 1. The summed E-state index contributed by atoms with van der Waals surface area (Å²) in [5.41, 5.74) is 0.857. The molecule has 15 heavy (non-hydrogen) atoms. The van der Waals surface area contributed by atoms with Crippen LogP contribution in [0.4, 0.5) is 5.69 Å². The minimum absolute atomic E-state index is 0.549. The van der Waals surface area contributed by atoms with Gasteiger partial charge in [0.1, 0.15) is 0 Å². The number of para-hydroxylation sites is 1. The van der Waals surface area contributed by atoms with E-state index in [0.29, 0.717) is 16.2 Å². The van der Waals surface area contributed by atoms with E-state index in [4.69, 9.17) is 23.8 Å². The molecular formula is C11H13ClN2S. The molecule has 1 aromatic rings. The molecule has 2 N–H and O–H groups in total. The first-order valence-corrected chi connectivity index (χ1v) is 5.86. The first-order chi connectivity index (χ1) is 7.25. The van der Waals surface area contributed by atoms with Gasteiger partial charge in [0, 0.05) is 6.04 Å². The third-order valence-electron chi connectivity index (χ3n) is 2.56. The predicted octanol–water partition coefficient (Wildman–Crippen LogP) is 3.18. The Balaban J connectivity index is 1.90. The van der Waals surface area contributed by atoms with Gasteiger partial charge in [0.2, 0.25) is 0 Å². The SMILES string of the molecule is S=C(Nc1ccccc1Cl)NC1CCC1. The van der Waals surface area contributed by atoms with E-state index in [2.05, 4.69) is 10.6 Å². The van der Waals surface area contributed by atoms with E-state index in [1.807, 2.05) is 24.3 Å². The first kappa shape index (κ1) is 10.7. The molecule has 0 bridgehead atoms.